The molecule has 0 aromatic carbocycles. The number of H-pyrrole nitrogens is 1. The van der Waals surface area contributed by atoms with Gasteiger partial charge in [-0.1, -0.05) is 27.7 Å². The summed E-state index contributed by atoms with van der Waals surface area (Å²) in [5.74, 6) is 0. The molecular weight excluding hydrogens is 136 g/mol. The van der Waals surface area contributed by atoms with Crippen LogP contribution in [0, 0.1) is 13.8 Å². The summed E-state index contributed by atoms with van der Waals surface area (Å²) < 4.78 is 0. The van der Waals surface area contributed by atoms with Gasteiger partial charge in [0.2, 0.25) is 0 Å². The van der Waals surface area contributed by atoms with Crippen LogP contribution in [-0.2, 0) is 0 Å². The van der Waals surface area contributed by atoms with E-state index in [2.05, 4.69) is 10.2 Å². The van der Waals surface area contributed by atoms with E-state index in [1.54, 1.807) is 0 Å². The molecule has 66 valence electrons. The van der Waals surface area contributed by atoms with Crippen molar-refractivity contribution in [2.45, 2.75) is 41.5 Å². The maximum atomic E-state index is 3.89. The van der Waals surface area contributed by atoms with Gasteiger partial charge in [-0.05, 0) is 19.9 Å². The largest absolute Gasteiger partial charge is 0.283 e. The second-order valence-corrected chi connectivity index (χ2v) is 1.69. The topological polar surface area (TPSA) is 28.7 Å². The van der Waals surface area contributed by atoms with Crippen molar-refractivity contribution in [3.05, 3.63) is 17.5 Å². The van der Waals surface area contributed by atoms with Crippen LogP contribution >= 0.6 is 0 Å². The Morgan fingerprint density at radius 1 is 1.09 bits per heavy atom. The van der Waals surface area contributed by atoms with E-state index < -0.39 is 0 Å². The van der Waals surface area contributed by atoms with Gasteiger partial charge in [-0.25, -0.2) is 0 Å². The average molecular weight is 156 g/mol. The molecule has 0 unspecified atom stereocenters. The molecule has 0 saturated heterocycles. The first-order chi connectivity index (χ1) is 5.29. The van der Waals surface area contributed by atoms with Crippen molar-refractivity contribution in [1.29, 1.82) is 0 Å². The highest BCUT2D eigenvalue weighted by Crippen LogP contribution is 1.92. The Hall–Kier alpha value is -0.790. The number of hydrogen-bond donors (Lipinski definition) is 1. The lowest BCUT2D eigenvalue weighted by atomic mass is 10.4. The van der Waals surface area contributed by atoms with Crippen molar-refractivity contribution in [1.82, 2.24) is 10.2 Å². The predicted octanol–water partition coefficient (Wildman–Crippen LogP) is 3.08. The molecule has 2 heteroatoms. The predicted molar refractivity (Wildman–Crippen MR) is 50.8 cm³/mol. The standard InChI is InChI=1S/C5H8N2.2C2H6/c1-4-3-5(2)7-6-4;2*1-2/h3H,1-2H3,(H,6,7);2*1-2H3. The summed E-state index contributed by atoms with van der Waals surface area (Å²) >= 11 is 0. The van der Waals surface area contributed by atoms with Crippen molar-refractivity contribution in [2.75, 3.05) is 0 Å². The molecule has 0 aliphatic heterocycles. The molecule has 1 heterocycles. The van der Waals surface area contributed by atoms with Crippen LogP contribution in [0.3, 0.4) is 0 Å². The Bertz CT molecular complexity index is 140. The Balaban J connectivity index is 0. The quantitative estimate of drug-likeness (QED) is 0.614. The minimum atomic E-state index is 1.05. The van der Waals surface area contributed by atoms with Crippen molar-refractivity contribution in [3.63, 3.8) is 0 Å². The first-order valence-corrected chi connectivity index (χ1v) is 4.27. The van der Waals surface area contributed by atoms with Crippen LogP contribution in [0.1, 0.15) is 39.1 Å². The number of hydrogen-bond acceptors (Lipinski definition) is 1. The maximum absolute atomic E-state index is 3.89. The number of aromatic nitrogens is 2. The summed E-state index contributed by atoms with van der Waals surface area (Å²) in [5.41, 5.74) is 2.18. The average Bonchev–Trinajstić information content (AvgIpc) is 2.43. The Morgan fingerprint density at radius 2 is 1.55 bits per heavy atom. The zero-order valence-corrected chi connectivity index (χ0v) is 8.52. The smallest absolute Gasteiger partial charge is 0.0593 e. The molecule has 0 fully saturated rings. The monoisotopic (exact) mass is 156 g/mol. The van der Waals surface area contributed by atoms with Crippen LogP contribution in [0.5, 0.6) is 0 Å². The summed E-state index contributed by atoms with van der Waals surface area (Å²) in [6.45, 7) is 11.9. The van der Waals surface area contributed by atoms with Crippen LogP contribution in [0.2, 0.25) is 0 Å². The molecule has 0 bridgehead atoms. The molecule has 1 aromatic rings. The van der Waals surface area contributed by atoms with Crippen molar-refractivity contribution in [3.8, 4) is 0 Å². The molecule has 0 amide bonds. The number of nitrogens with one attached hydrogen (secondary N) is 1. The molecular formula is C9H20N2. The van der Waals surface area contributed by atoms with E-state index in [0.29, 0.717) is 0 Å². The molecule has 11 heavy (non-hydrogen) atoms. The number of aromatic amines is 1. The summed E-state index contributed by atoms with van der Waals surface area (Å²) in [4.78, 5) is 0. The van der Waals surface area contributed by atoms with Crippen LogP contribution < -0.4 is 0 Å². The normalized spacial score (nSPS) is 7.09. The summed E-state index contributed by atoms with van der Waals surface area (Å²) in [6.07, 6.45) is 0. The summed E-state index contributed by atoms with van der Waals surface area (Å²) in [7, 11) is 0. The fourth-order valence-corrected chi connectivity index (χ4v) is 0.554. The van der Waals surface area contributed by atoms with Gasteiger partial charge in [0.15, 0.2) is 0 Å². The zero-order chi connectivity index (χ0) is 9.28. The second kappa shape index (κ2) is 9.21. The number of nitrogens with zero attached hydrogens (tertiary/aromatic N) is 1. The molecule has 0 aliphatic carbocycles. The van der Waals surface area contributed by atoms with Gasteiger partial charge in [0.25, 0.3) is 0 Å². The molecule has 0 radical (unpaired) electrons. The zero-order valence-electron chi connectivity index (χ0n) is 8.52. The van der Waals surface area contributed by atoms with Crippen molar-refractivity contribution < 1.29 is 0 Å². The Morgan fingerprint density at radius 3 is 1.64 bits per heavy atom. The van der Waals surface area contributed by atoms with Crippen molar-refractivity contribution in [2.24, 2.45) is 0 Å². The van der Waals surface area contributed by atoms with Gasteiger partial charge in [-0.15, -0.1) is 0 Å². The molecule has 1 rings (SSSR count). The highest BCUT2D eigenvalue weighted by atomic mass is 15.1. The molecule has 1 aromatic heterocycles. The second-order valence-electron chi connectivity index (χ2n) is 1.69. The molecule has 0 spiro atoms. The molecule has 0 saturated carbocycles. The number of aryl methyl sites for hydroxylation is 2. The molecule has 2 nitrogen and oxygen atoms in total. The first kappa shape index (κ1) is 12.8. The first-order valence-electron chi connectivity index (χ1n) is 4.27. The van der Waals surface area contributed by atoms with E-state index >= 15 is 0 Å². The van der Waals surface area contributed by atoms with E-state index in [1.165, 1.54) is 0 Å². The lowest BCUT2D eigenvalue weighted by Gasteiger charge is -1.68. The summed E-state index contributed by atoms with van der Waals surface area (Å²) in [6, 6.07) is 2.00. The molecule has 1 N–H and O–H groups in total. The SMILES string of the molecule is CC.CC.Cc1cc(C)[nH]n1. The number of rotatable bonds is 0. The molecule has 0 atom stereocenters. The van der Waals surface area contributed by atoms with Crippen LogP contribution in [0.25, 0.3) is 0 Å². The van der Waals surface area contributed by atoms with Gasteiger partial charge in [0.05, 0.1) is 5.69 Å². The van der Waals surface area contributed by atoms with Crippen LogP contribution in [0.15, 0.2) is 6.07 Å². The highest BCUT2D eigenvalue weighted by molar-refractivity contribution is 5.03. The lowest BCUT2D eigenvalue weighted by molar-refractivity contribution is 1.02. The van der Waals surface area contributed by atoms with Gasteiger partial charge in [-0.3, -0.25) is 5.10 Å². The lowest BCUT2D eigenvalue weighted by Crippen LogP contribution is -1.68. The van der Waals surface area contributed by atoms with Crippen LogP contribution in [-0.4, -0.2) is 10.2 Å². The van der Waals surface area contributed by atoms with Gasteiger partial charge >= 0.3 is 0 Å². The Kier molecular flexibility index (Phi) is 10.8. The van der Waals surface area contributed by atoms with E-state index in [4.69, 9.17) is 0 Å². The van der Waals surface area contributed by atoms with E-state index in [-0.39, 0.29) is 0 Å². The van der Waals surface area contributed by atoms with Crippen LogP contribution in [0.4, 0.5) is 0 Å². The van der Waals surface area contributed by atoms with Gasteiger partial charge in [-0.2, -0.15) is 5.10 Å². The van der Waals surface area contributed by atoms with E-state index in [1.807, 2.05) is 47.6 Å². The maximum Gasteiger partial charge on any atom is 0.0593 e. The van der Waals surface area contributed by atoms with Gasteiger partial charge in [0.1, 0.15) is 0 Å². The van der Waals surface area contributed by atoms with E-state index in [9.17, 15) is 0 Å². The highest BCUT2D eigenvalue weighted by Gasteiger charge is 1.84. The third kappa shape index (κ3) is 7.10. The van der Waals surface area contributed by atoms with Crippen molar-refractivity contribution >= 4 is 0 Å². The van der Waals surface area contributed by atoms with Gasteiger partial charge < -0.3 is 0 Å². The molecule has 0 aliphatic rings. The fraction of sp³-hybridized carbons (Fsp3) is 0.667. The Labute approximate surface area is 70.0 Å². The fourth-order valence-electron chi connectivity index (χ4n) is 0.554. The minimum absolute atomic E-state index is 1.05. The summed E-state index contributed by atoms with van der Waals surface area (Å²) in [5, 5.41) is 6.71. The third-order valence-corrected chi connectivity index (χ3v) is 0.834. The third-order valence-electron chi connectivity index (χ3n) is 0.834. The minimum Gasteiger partial charge on any atom is -0.283 e. The van der Waals surface area contributed by atoms with Gasteiger partial charge in [0, 0.05) is 5.69 Å². The van der Waals surface area contributed by atoms with E-state index in [0.717, 1.165) is 11.4 Å².